The second-order valence-electron chi connectivity index (χ2n) is 19.9. The smallest absolute Gasteiger partial charge is 0.160 e. The van der Waals surface area contributed by atoms with Crippen LogP contribution < -0.4 is 0 Å². The molecule has 0 amide bonds. The molecule has 0 aliphatic heterocycles. The molecule has 3 heteroatoms. The first-order valence-electron chi connectivity index (χ1n) is 25.2. The Morgan fingerprint density at radius 3 is 1.52 bits per heavy atom. The van der Waals surface area contributed by atoms with Gasteiger partial charge >= 0.3 is 0 Å². The molecular formula is C70H42N2O. The van der Waals surface area contributed by atoms with Crippen LogP contribution >= 0.6 is 0 Å². The van der Waals surface area contributed by atoms with Crippen LogP contribution in [-0.4, -0.2) is 9.97 Å². The standard InChI is InChI=1S/C70H42N2O/c1-2-17-45(18-3-1)63-42-64(49-35-32-43-16-4-5-19-47(43)40-49)72-68(71-63)46-33-30-44(31-34-46)48-36-37-52-54-38-39-55-53-22-8-15-29-65(53)73-67(55)66(54)70(62(52)41-48)60-27-13-11-25-58(60)69(59-26-12-14-28-61(59)70)56-23-9-6-20-50(56)51-21-7-10-24-57(51)69/h1-42H. The minimum Gasteiger partial charge on any atom is -0.456 e. The van der Waals surface area contributed by atoms with Crippen LogP contribution in [0.4, 0.5) is 0 Å². The third-order valence-electron chi connectivity index (χ3n) is 16.4. The third kappa shape index (κ3) is 5.43. The summed E-state index contributed by atoms with van der Waals surface area (Å²) in [6.45, 7) is 0. The Morgan fingerprint density at radius 2 is 0.808 bits per heavy atom. The largest absolute Gasteiger partial charge is 0.456 e. The number of aromatic nitrogens is 2. The highest BCUT2D eigenvalue weighted by Crippen LogP contribution is 2.68. The van der Waals surface area contributed by atoms with Gasteiger partial charge in [-0.2, -0.15) is 0 Å². The highest BCUT2D eigenvalue weighted by atomic mass is 16.3. The number of hydrogen-bond donors (Lipinski definition) is 0. The molecule has 0 bridgehead atoms. The van der Waals surface area contributed by atoms with Gasteiger partial charge in [0.2, 0.25) is 0 Å². The minimum absolute atomic E-state index is 0.544. The zero-order valence-electron chi connectivity index (χ0n) is 39.6. The van der Waals surface area contributed by atoms with Gasteiger partial charge in [-0.1, -0.05) is 224 Å². The van der Waals surface area contributed by atoms with Gasteiger partial charge in [0.1, 0.15) is 11.2 Å². The molecule has 2 heterocycles. The Balaban J connectivity index is 0.914. The number of furan rings is 1. The van der Waals surface area contributed by atoms with Gasteiger partial charge in [0.15, 0.2) is 5.82 Å². The predicted octanol–water partition coefficient (Wildman–Crippen LogP) is 17.2. The Bertz CT molecular complexity index is 4350. The third-order valence-corrected chi connectivity index (χ3v) is 16.4. The number of nitrogens with zero attached hydrogens (tertiary/aromatic N) is 2. The highest BCUT2D eigenvalue weighted by molar-refractivity contribution is 6.11. The lowest BCUT2D eigenvalue weighted by molar-refractivity contribution is 0.615. The summed E-state index contributed by atoms with van der Waals surface area (Å²) in [5.41, 5.74) is 22.9. The van der Waals surface area contributed by atoms with Gasteiger partial charge in [0.05, 0.1) is 22.2 Å². The van der Waals surface area contributed by atoms with E-state index in [1.54, 1.807) is 0 Å². The average Bonchev–Trinajstić information content (AvgIpc) is 4.10. The van der Waals surface area contributed by atoms with E-state index in [2.05, 4.69) is 249 Å². The predicted molar refractivity (Wildman–Crippen MR) is 297 cm³/mol. The molecule has 0 N–H and O–H groups in total. The summed E-state index contributed by atoms with van der Waals surface area (Å²) in [4.78, 5) is 10.5. The normalized spacial score (nSPS) is 14.0. The molecule has 0 unspecified atom stereocenters. The maximum atomic E-state index is 7.16. The van der Waals surface area contributed by atoms with Gasteiger partial charge in [-0.25, -0.2) is 9.97 Å². The summed E-state index contributed by atoms with van der Waals surface area (Å²) >= 11 is 0. The van der Waals surface area contributed by atoms with Crippen LogP contribution in [0.25, 0.3) is 100.0 Å². The Hall–Kier alpha value is -9.44. The zero-order valence-corrected chi connectivity index (χ0v) is 39.6. The fraction of sp³-hybridized carbons (Fsp3) is 0.0286. The highest BCUT2D eigenvalue weighted by Gasteiger charge is 2.59. The van der Waals surface area contributed by atoms with E-state index >= 15 is 0 Å². The summed E-state index contributed by atoms with van der Waals surface area (Å²) in [7, 11) is 0. The molecule has 0 saturated heterocycles. The van der Waals surface area contributed by atoms with Gasteiger partial charge in [-0.3, -0.25) is 0 Å². The molecule has 0 radical (unpaired) electrons. The van der Waals surface area contributed by atoms with Gasteiger partial charge in [-0.05, 0) is 113 Å². The SMILES string of the molecule is c1ccc(-c2cc(-c3ccc4ccccc4c3)nc(-c3ccc(-c4ccc5c(c4)C4(c6ccccc6C6(c7ccccc7-c7ccccc76)c6ccccc64)c4c-5ccc5c4oc4ccccc45)cc3)n2)cc1. The van der Waals surface area contributed by atoms with E-state index in [1.807, 2.05) is 6.07 Å². The van der Waals surface area contributed by atoms with Crippen molar-refractivity contribution in [2.75, 3.05) is 0 Å². The van der Waals surface area contributed by atoms with E-state index in [0.29, 0.717) is 5.82 Å². The molecule has 3 nitrogen and oxygen atoms in total. The average molecular weight is 927 g/mol. The molecule has 0 saturated carbocycles. The van der Waals surface area contributed by atoms with E-state index in [9.17, 15) is 0 Å². The van der Waals surface area contributed by atoms with Gasteiger partial charge in [0, 0.05) is 33.0 Å². The van der Waals surface area contributed by atoms with Crippen molar-refractivity contribution in [1.82, 2.24) is 9.97 Å². The molecule has 13 aromatic rings. The van der Waals surface area contributed by atoms with Crippen molar-refractivity contribution in [3.05, 3.63) is 299 Å². The first kappa shape index (κ1) is 40.3. The molecule has 2 aromatic heterocycles. The second kappa shape index (κ2) is 15.0. The topological polar surface area (TPSA) is 38.9 Å². The number of rotatable bonds is 4. The zero-order chi connectivity index (χ0) is 47.8. The fourth-order valence-corrected chi connectivity index (χ4v) is 13.4. The van der Waals surface area contributed by atoms with E-state index in [4.69, 9.17) is 14.4 Å². The summed E-state index contributed by atoms with van der Waals surface area (Å²) in [5.74, 6) is 0.689. The van der Waals surface area contributed by atoms with Crippen LogP contribution in [-0.2, 0) is 10.8 Å². The molecule has 0 fully saturated rings. The van der Waals surface area contributed by atoms with Crippen LogP contribution in [0.5, 0.6) is 0 Å². The molecule has 73 heavy (non-hydrogen) atoms. The molecular weight excluding hydrogens is 885 g/mol. The maximum Gasteiger partial charge on any atom is 0.160 e. The fourth-order valence-electron chi connectivity index (χ4n) is 13.4. The van der Waals surface area contributed by atoms with Gasteiger partial charge in [-0.15, -0.1) is 0 Å². The summed E-state index contributed by atoms with van der Waals surface area (Å²) in [5, 5.41) is 4.64. The molecule has 16 rings (SSSR count). The number of benzene rings is 11. The van der Waals surface area contributed by atoms with E-state index in [0.717, 1.165) is 61.1 Å². The van der Waals surface area contributed by atoms with Crippen LogP contribution in [0.2, 0.25) is 0 Å². The van der Waals surface area contributed by atoms with Crippen LogP contribution in [0.1, 0.15) is 44.5 Å². The molecule has 3 aliphatic rings. The maximum absolute atomic E-state index is 7.16. The Morgan fingerprint density at radius 1 is 0.288 bits per heavy atom. The van der Waals surface area contributed by atoms with Gasteiger partial charge in [0.25, 0.3) is 0 Å². The number of fused-ring (bicyclic) bond motifs is 21. The molecule has 11 aromatic carbocycles. The van der Waals surface area contributed by atoms with Crippen LogP contribution in [0.15, 0.2) is 259 Å². The summed E-state index contributed by atoms with van der Waals surface area (Å²) in [6.07, 6.45) is 0. The van der Waals surface area contributed by atoms with Crippen molar-refractivity contribution in [3.63, 3.8) is 0 Å². The molecule has 3 aliphatic carbocycles. The van der Waals surface area contributed by atoms with Crippen molar-refractivity contribution >= 4 is 32.7 Å². The van der Waals surface area contributed by atoms with Crippen molar-refractivity contribution in [2.45, 2.75) is 10.8 Å². The second-order valence-corrected chi connectivity index (χ2v) is 19.9. The van der Waals surface area contributed by atoms with Crippen molar-refractivity contribution in [1.29, 1.82) is 0 Å². The summed E-state index contributed by atoms with van der Waals surface area (Å²) < 4.78 is 7.16. The van der Waals surface area contributed by atoms with Crippen molar-refractivity contribution in [2.24, 2.45) is 0 Å². The van der Waals surface area contributed by atoms with Crippen LogP contribution in [0.3, 0.4) is 0 Å². The van der Waals surface area contributed by atoms with Crippen molar-refractivity contribution in [3.8, 4) is 67.3 Å². The first-order chi connectivity index (χ1) is 36.2. The lowest BCUT2D eigenvalue weighted by Crippen LogP contribution is -2.43. The Labute approximate surface area is 422 Å². The van der Waals surface area contributed by atoms with E-state index in [1.165, 1.54) is 77.5 Å². The number of hydrogen-bond acceptors (Lipinski definition) is 3. The molecule has 0 atom stereocenters. The van der Waals surface area contributed by atoms with Crippen LogP contribution in [0, 0.1) is 0 Å². The van der Waals surface area contributed by atoms with E-state index in [-0.39, 0.29) is 0 Å². The monoisotopic (exact) mass is 926 g/mol. The minimum atomic E-state index is -0.732. The lowest BCUT2D eigenvalue weighted by atomic mass is 9.52. The molecule has 2 spiro atoms. The number of para-hydroxylation sites is 1. The van der Waals surface area contributed by atoms with Crippen molar-refractivity contribution < 1.29 is 4.42 Å². The first-order valence-corrected chi connectivity index (χ1v) is 25.2. The summed E-state index contributed by atoms with van der Waals surface area (Å²) in [6, 6.07) is 93.4. The van der Waals surface area contributed by atoms with Gasteiger partial charge < -0.3 is 4.42 Å². The Kier molecular flexibility index (Phi) is 8.30. The van der Waals surface area contributed by atoms with E-state index < -0.39 is 10.8 Å². The quantitative estimate of drug-likeness (QED) is 0.177. The molecule has 338 valence electrons. The lowest BCUT2D eigenvalue weighted by Gasteiger charge is -2.48.